The first-order valence-electron chi connectivity index (χ1n) is 7.27. The zero-order valence-electron chi connectivity index (χ0n) is 12.6. The van der Waals surface area contributed by atoms with Gasteiger partial charge in [0.1, 0.15) is 0 Å². The number of aromatic nitrogens is 2. The Morgan fingerprint density at radius 2 is 2.09 bits per heavy atom. The van der Waals surface area contributed by atoms with Crippen molar-refractivity contribution in [1.29, 1.82) is 0 Å². The highest BCUT2D eigenvalue weighted by Crippen LogP contribution is 2.22. The van der Waals surface area contributed by atoms with Crippen molar-refractivity contribution >= 4 is 18.1 Å². The fraction of sp³-hybridized carbons (Fsp3) is 0.250. The largest absolute Gasteiger partial charge is 0.465 e. The lowest BCUT2D eigenvalue weighted by atomic mass is 10.1. The fourth-order valence-corrected chi connectivity index (χ4v) is 2.55. The monoisotopic (exact) mass is 312 g/mol. The van der Waals surface area contributed by atoms with Crippen LogP contribution in [-0.4, -0.2) is 35.4 Å². The number of hydrazone groups is 1. The number of aryl methyl sites for hydroxylation is 1. The van der Waals surface area contributed by atoms with Crippen molar-refractivity contribution in [3.8, 4) is 0 Å². The molecule has 1 amide bonds. The number of ether oxygens (including phenoxy) is 1. The number of hydrogen-bond acceptors (Lipinski definition) is 5. The first kappa shape index (κ1) is 15.0. The summed E-state index contributed by atoms with van der Waals surface area (Å²) in [7, 11) is 1.33. The topological polar surface area (TPSA) is 96.4 Å². The molecule has 0 unspecified atom stereocenters. The maximum atomic E-state index is 12.1. The van der Waals surface area contributed by atoms with Gasteiger partial charge in [-0.1, -0.05) is 12.1 Å². The zero-order valence-corrected chi connectivity index (χ0v) is 12.6. The Balaban J connectivity index is 1.62. The molecule has 0 atom stereocenters. The van der Waals surface area contributed by atoms with Crippen LogP contribution < -0.4 is 5.43 Å². The Hall–Kier alpha value is -2.96. The predicted octanol–water partition coefficient (Wildman–Crippen LogP) is 1.45. The van der Waals surface area contributed by atoms with E-state index in [1.807, 2.05) is 0 Å². The third kappa shape index (κ3) is 3.13. The van der Waals surface area contributed by atoms with Gasteiger partial charge in [0, 0.05) is 11.3 Å². The highest BCUT2D eigenvalue weighted by molar-refractivity contribution is 5.95. The van der Waals surface area contributed by atoms with Crippen molar-refractivity contribution in [2.45, 2.75) is 19.3 Å². The molecule has 0 spiro atoms. The highest BCUT2D eigenvalue weighted by Gasteiger charge is 2.22. The maximum absolute atomic E-state index is 12.1. The van der Waals surface area contributed by atoms with Crippen molar-refractivity contribution in [3.63, 3.8) is 0 Å². The molecule has 0 fully saturated rings. The number of methoxy groups -OCH3 is 1. The second-order valence-electron chi connectivity index (χ2n) is 5.20. The van der Waals surface area contributed by atoms with E-state index in [0.29, 0.717) is 11.3 Å². The number of H-pyrrole nitrogens is 1. The van der Waals surface area contributed by atoms with E-state index in [0.717, 1.165) is 36.1 Å². The SMILES string of the molecule is COC(=O)c1ccc(C=NNC(=O)c2n[nH]c3c2CCC3)cc1. The maximum Gasteiger partial charge on any atom is 0.337 e. The lowest BCUT2D eigenvalue weighted by Crippen LogP contribution is -2.19. The van der Waals surface area contributed by atoms with Crippen LogP contribution in [0.25, 0.3) is 0 Å². The molecule has 1 aliphatic rings. The van der Waals surface area contributed by atoms with Gasteiger partial charge in [0.05, 0.1) is 18.9 Å². The van der Waals surface area contributed by atoms with E-state index in [2.05, 4.69) is 25.5 Å². The minimum Gasteiger partial charge on any atom is -0.465 e. The summed E-state index contributed by atoms with van der Waals surface area (Å²) in [5.41, 5.74) is 6.12. The summed E-state index contributed by atoms with van der Waals surface area (Å²) in [5, 5.41) is 10.9. The second kappa shape index (κ2) is 6.43. The molecule has 1 heterocycles. The van der Waals surface area contributed by atoms with Gasteiger partial charge in [-0.3, -0.25) is 9.89 Å². The molecule has 118 valence electrons. The van der Waals surface area contributed by atoms with Crippen molar-refractivity contribution in [3.05, 3.63) is 52.3 Å². The summed E-state index contributed by atoms with van der Waals surface area (Å²) in [4.78, 5) is 23.4. The molecule has 0 saturated heterocycles. The first-order valence-corrected chi connectivity index (χ1v) is 7.27. The van der Waals surface area contributed by atoms with E-state index >= 15 is 0 Å². The van der Waals surface area contributed by atoms with Crippen LogP contribution in [0.3, 0.4) is 0 Å². The predicted molar refractivity (Wildman–Crippen MR) is 83.5 cm³/mol. The first-order chi connectivity index (χ1) is 11.2. The molecule has 7 nitrogen and oxygen atoms in total. The number of nitrogens with zero attached hydrogens (tertiary/aromatic N) is 2. The summed E-state index contributed by atoms with van der Waals surface area (Å²) >= 11 is 0. The smallest absolute Gasteiger partial charge is 0.337 e. The molecular weight excluding hydrogens is 296 g/mol. The third-order valence-electron chi connectivity index (χ3n) is 3.73. The standard InChI is InChI=1S/C16H16N4O3/c1-23-16(22)11-7-5-10(6-8-11)9-17-20-15(21)14-12-3-2-4-13(12)18-19-14/h5-9H,2-4H2,1H3,(H,18,19)(H,20,21). The van der Waals surface area contributed by atoms with Crippen molar-refractivity contribution in [2.75, 3.05) is 7.11 Å². The lowest BCUT2D eigenvalue weighted by molar-refractivity contribution is 0.0600. The summed E-state index contributed by atoms with van der Waals surface area (Å²) in [6.45, 7) is 0. The van der Waals surface area contributed by atoms with Crippen LogP contribution in [0.4, 0.5) is 0 Å². The van der Waals surface area contributed by atoms with Gasteiger partial charge in [0.25, 0.3) is 5.91 Å². The van der Waals surface area contributed by atoms with Crippen LogP contribution >= 0.6 is 0 Å². The number of fused-ring (bicyclic) bond motifs is 1. The van der Waals surface area contributed by atoms with E-state index < -0.39 is 5.97 Å². The number of hydrogen-bond donors (Lipinski definition) is 2. The number of aromatic amines is 1. The van der Waals surface area contributed by atoms with Gasteiger partial charge in [-0.2, -0.15) is 10.2 Å². The number of esters is 1. The van der Waals surface area contributed by atoms with Crippen molar-refractivity contribution < 1.29 is 14.3 Å². The van der Waals surface area contributed by atoms with E-state index in [9.17, 15) is 9.59 Å². The van der Waals surface area contributed by atoms with E-state index in [-0.39, 0.29) is 5.91 Å². The summed E-state index contributed by atoms with van der Waals surface area (Å²) in [5.74, 6) is -0.721. The molecule has 1 aliphatic carbocycles. The molecular formula is C16H16N4O3. The van der Waals surface area contributed by atoms with Gasteiger partial charge >= 0.3 is 5.97 Å². The van der Waals surface area contributed by atoms with Crippen molar-refractivity contribution in [1.82, 2.24) is 15.6 Å². The minimum atomic E-state index is -0.394. The highest BCUT2D eigenvalue weighted by atomic mass is 16.5. The lowest BCUT2D eigenvalue weighted by Gasteiger charge is -2.00. The second-order valence-corrected chi connectivity index (χ2v) is 5.20. The van der Waals surface area contributed by atoms with E-state index in [4.69, 9.17) is 0 Å². The Morgan fingerprint density at radius 1 is 1.30 bits per heavy atom. The van der Waals surface area contributed by atoms with E-state index in [1.165, 1.54) is 13.3 Å². The van der Waals surface area contributed by atoms with Gasteiger partial charge in [-0.15, -0.1) is 0 Å². The van der Waals surface area contributed by atoms with Gasteiger partial charge in [0.2, 0.25) is 0 Å². The average Bonchev–Trinajstić information content (AvgIpc) is 3.18. The Kier molecular flexibility index (Phi) is 4.18. The van der Waals surface area contributed by atoms with Gasteiger partial charge in [-0.25, -0.2) is 10.2 Å². The number of rotatable bonds is 4. The molecule has 2 aromatic rings. The molecule has 0 saturated carbocycles. The van der Waals surface area contributed by atoms with E-state index in [1.54, 1.807) is 24.3 Å². The molecule has 23 heavy (non-hydrogen) atoms. The van der Waals surface area contributed by atoms with Crippen LogP contribution in [0, 0.1) is 0 Å². The van der Waals surface area contributed by atoms with Crippen LogP contribution in [0.15, 0.2) is 29.4 Å². The number of benzene rings is 1. The van der Waals surface area contributed by atoms with Crippen LogP contribution in [-0.2, 0) is 17.6 Å². The summed E-state index contributed by atoms with van der Waals surface area (Å²) in [6, 6.07) is 6.70. The average molecular weight is 312 g/mol. The minimum absolute atomic E-state index is 0.327. The normalized spacial score (nSPS) is 13.1. The number of carbonyl (C=O) groups is 2. The number of nitrogens with one attached hydrogen (secondary N) is 2. The van der Waals surface area contributed by atoms with Crippen LogP contribution in [0.1, 0.15) is 44.1 Å². The molecule has 0 bridgehead atoms. The molecule has 1 aromatic carbocycles. The Morgan fingerprint density at radius 3 is 2.83 bits per heavy atom. The zero-order chi connectivity index (χ0) is 16.2. The molecule has 7 heteroatoms. The Bertz CT molecular complexity index is 762. The van der Waals surface area contributed by atoms with Crippen molar-refractivity contribution in [2.24, 2.45) is 5.10 Å². The van der Waals surface area contributed by atoms with Gasteiger partial charge in [0.15, 0.2) is 5.69 Å². The van der Waals surface area contributed by atoms with Gasteiger partial charge < -0.3 is 4.74 Å². The number of amides is 1. The Labute approximate surface area is 132 Å². The molecule has 3 rings (SSSR count). The molecule has 1 aromatic heterocycles. The molecule has 0 aliphatic heterocycles. The third-order valence-corrected chi connectivity index (χ3v) is 3.73. The van der Waals surface area contributed by atoms with Crippen LogP contribution in [0.2, 0.25) is 0 Å². The van der Waals surface area contributed by atoms with Crippen LogP contribution in [0.5, 0.6) is 0 Å². The summed E-state index contributed by atoms with van der Waals surface area (Å²) in [6.07, 6.45) is 4.35. The summed E-state index contributed by atoms with van der Waals surface area (Å²) < 4.78 is 4.63. The number of carbonyl (C=O) groups excluding carboxylic acids is 2. The van der Waals surface area contributed by atoms with Gasteiger partial charge in [-0.05, 0) is 37.0 Å². The quantitative estimate of drug-likeness (QED) is 0.507. The molecule has 2 N–H and O–H groups in total. The molecule has 0 radical (unpaired) electrons. The fourth-order valence-electron chi connectivity index (χ4n) is 2.55.